The first-order chi connectivity index (χ1) is 16.3. The summed E-state index contributed by atoms with van der Waals surface area (Å²) < 4.78 is 20.9. The number of rotatable bonds is 13. The van der Waals surface area contributed by atoms with E-state index in [9.17, 15) is 9.59 Å². The summed E-state index contributed by atoms with van der Waals surface area (Å²) in [4.78, 5) is 24.3. The van der Waals surface area contributed by atoms with Crippen LogP contribution < -0.4 is 29.6 Å². The molecule has 2 N–H and O–H groups in total. The highest BCUT2D eigenvalue weighted by Crippen LogP contribution is 2.34. The molecule has 0 aromatic heterocycles. The van der Waals surface area contributed by atoms with Gasteiger partial charge in [0, 0.05) is 48.1 Å². The molecule has 2 rings (SSSR count). The molecule has 10 heteroatoms. The van der Waals surface area contributed by atoms with E-state index in [1.807, 2.05) is 0 Å². The second-order valence-corrected chi connectivity index (χ2v) is 8.17. The number of nitrogens with one attached hydrogen (secondary N) is 2. The van der Waals surface area contributed by atoms with Crippen LogP contribution in [0.4, 0.5) is 0 Å². The number of unbranched alkanes of at least 4 members (excludes halogenated alkanes) is 1. The molecule has 8 nitrogen and oxygen atoms in total. The molecular weight excluding hydrogens is 483 g/mol. The Balaban J connectivity index is 1.72. The van der Waals surface area contributed by atoms with Crippen LogP contribution in [-0.4, -0.2) is 40.3 Å². The van der Waals surface area contributed by atoms with E-state index in [-0.39, 0.29) is 24.9 Å². The summed E-state index contributed by atoms with van der Waals surface area (Å²) in [6.07, 6.45) is 1.77. The van der Waals surface area contributed by atoms with E-state index in [0.29, 0.717) is 58.7 Å². The van der Waals surface area contributed by atoms with E-state index in [4.69, 9.17) is 42.1 Å². The molecule has 34 heavy (non-hydrogen) atoms. The number of benzene rings is 2. The molecule has 0 spiro atoms. The first-order valence-corrected chi connectivity index (χ1v) is 11.4. The molecule has 0 unspecified atom stereocenters. The number of hydrogen-bond acceptors (Lipinski definition) is 6. The van der Waals surface area contributed by atoms with Crippen molar-refractivity contribution < 1.29 is 28.5 Å². The molecule has 2 aromatic rings. The van der Waals surface area contributed by atoms with Crippen LogP contribution in [-0.2, 0) is 22.7 Å². The van der Waals surface area contributed by atoms with Gasteiger partial charge in [0.1, 0.15) is 0 Å². The van der Waals surface area contributed by atoms with Gasteiger partial charge in [-0.1, -0.05) is 23.2 Å². The second-order valence-electron chi connectivity index (χ2n) is 7.36. The summed E-state index contributed by atoms with van der Waals surface area (Å²) in [5.74, 6) is 1.88. The molecule has 0 aliphatic heterocycles. The standard InChI is InChI=1S/C24H30Cl2N2O6/c1-31-19-9-15(17(25)11-21(19)33-3)13-27-23(29)7-5-6-8-24(30)28-14-16-10-20(32-2)22(34-4)12-18(16)26/h9-12H,5-8,13-14H2,1-4H3,(H,27,29)(H,28,30). The number of amides is 2. The maximum atomic E-state index is 12.2. The summed E-state index contributed by atoms with van der Waals surface area (Å²) in [6, 6.07) is 6.76. The zero-order valence-corrected chi connectivity index (χ0v) is 21.3. The SMILES string of the molecule is COc1cc(Cl)c(CNC(=O)CCCCC(=O)NCc2cc(OC)c(OC)cc2Cl)cc1OC. The molecule has 2 amide bonds. The smallest absolute Gasteiger partial charge is 0.220 e. The van der Waals surface area contributed by atoms with Crippen LogP contribution in [0, 0.1) is 0 Å². The van der Waals surface area contributed by atoms with Gasteiger partial charge in [-0.25, -0.2) is 0 Å². The number of hydrogen-bond donors (Lipinski definition) is 2. The Bertz CT molecular complexity index is 920. The van der Waals surface area contributed by atoms with Gasteiger partial charge in [0.05, 0.1) is 28.4 Å². The maximum Gasteiger partial charge on any atom is 0.220 e. The fourth-order valence-corrected chi connectivity index (χ4v) is 3.64. The average molecular weight is 513 g/mol. The average Bonchev–Trinajstić information content (AvgIpc) is 2.84. The molecule has 0 bridgehead atoms. The topological polar surface area (TPSA) is 95.1 Å². The number of methoxy groups -OCH3 is 4. The van der Waals surface area contributed by atoms with Crippen molar-refractivity contribution in [3.63, 3.8) is 0 Å². The molecule has 0 heterocycles. The van der Waals surface area contributed by atoms with Crippen LogP contribution >= 0.6 is 23.2 Å². The zero-order chi connectivity index (χ0) is 25.1. The van der Waals surface area contributed by atoms with E-state index in [2.05, 4.69) is 10.6 Å². The lowest BCUT2D eigenvalue weighted by Crippen LogP contribution is -2.24. The van der Waals surface area contributed by atoms with E-state index in [1.54, 1.807) is 24.3 Å². The third-order valence-corrected chi connectivity index (χ3v) is 5.82. The third kappa shape index (κ3) is 7.88. The predicted molar refractivity (Wildman–Crippen MR) is 131 cm³/mol. The Morgan fingerprint density at radius 3 is 1.29 bits per heavy atom. The van der Waals surface area contributed by atoms with Crippen LogP contribution in [0.25, 0.3) is 0 Å². The van der Waals surface area contributed by atoms with Crippen LogP contribution in [0.1, 0.15) is 36.8 Å². The molecule has 0 radical (unpaired) electrons. The van der Waals surface area contributed by atoms with Crippen molar-refractivity contribution in [3.8, 4) is 23.0 Å². The third-order valence-electron chi connectivity index (χ3n) is 5.11. The van der Waals surface area contributed by atoms with Crippen LogP contribution in [0.15, 0.2) is 24.3 Å². The minimum absolute atomic E-state index is 0.122. The van der Waals surface area contributed by atoms with E-state index < -0.39 is 0 Å². The highest BCUT2D eigenvalue weighted by atomic mass is 35.5. The molecule has 186 valence electrons. The Morgan fingerprint density at radius 1 is 0.647 bits per heavy atom. The summed E-state index contributed by atoms with van der Waals surface area (Å²) in [5, 5.41) is 6.62. The molecule has 0 saturated carbocycles. The Labute approximate surface area is 209 Å². The molecular formula is C24H30Cl2N2O6. The molecule has 0 fully saturated rings. The van der Waals surface area contributed by atoms with Gasteiger partial charge in [-0.15, -0.1) is 0 Å². The minimum Gasteiger partial charge on any atom is -0.493 e. The number of ether oxygens (including phenoxy) is 4. The monoisotopic (exact) mass is 512 g/mol. The number of carbonyl (C=O) groups excluding carboxylic acids is 2. The largest absolute Gasteiger partial charge is 0.493 e. The van der Waals surface area contributed by atoms with Crippen molar-refractivity contribution in [1.82, 2.24) is 10.6 Å². The first kappa shape index (κ1) is 27.4. The lowest BCUT2D eigenvalue weighted by atomic mass is 10.1. The van der Waals surface area contributed by atoms with Gasteiger partial charge >= 0.3 is 0 Å². The van der Waals surface area contributed by atoms with Crippen molar-refractivity contribution in [2.45, 2.75) is 38.8 Å². The van der Waals surface area contributed by atoms with Crippen molar-refractivity contribution in [3.05, 3.63) is 45.4 Å². The minimum atomic E-state index is -0.122. The first-order valence-electron chi connectivity index (χ1n) is 10.7. The quantitative estimate of drug-likeness (QED) is 0.383. The van der Waals surface area contributed by atoms with Crippen LogP contribution in [0.2, 0.25) is 10.0 Å². The molecule has 0 atom stereocenters. The Kier molecular flexibility index (Phi) is 11.1. The zero-order valence-electron chi connectivity index (χ0n) is 19.8. The molecule has 0 saturated heterocycles. The van der Waals surface area contributed by atoms with E-state index >= 15 is 0 Å². The second kappa shape index (κ2) is 13.8. The van der Waals surface area contributed by atoms with Crippen molar-refractivity contribution in [2.75, 3.05) is 28.4 Å². The Hall–Kier alpha value is -2.84. The van der Waals surface area contributed by atoms with Gasteiger partial charge in [-0.2, -0.15) is 0 Å². The van der Waals surface area contributed by atoms with Crippen molar-refractivity contribution in [1.29, 1.82) is 0 Å². The summed E-state index contributed by atoms with van der Waals surface area (Å²) in [6.45, 7) is 0.537. The van der Waals surface area contributed by atoms with Crippen molar-refractivity contribution >= 4 is 35.0 Å². The highest BCUT2D eigenvalue weighted by molar-refractivity contribution is 6.32. The lowest BCUT2D eigenvalue weighted by molar-refractivity contribution is -0.123. The maximum absolute atomic E-state index is 12.2. The highest BCUT2D eigenvalue weighted by Gasteiger charge is 2.13. The summed E-state index contributed by atoms with van der Waals surface area (Å²) >= 11 is 12.5. The molecule has 0 aliphatic rings. The van der Waals surface area contributed by atoms with Crippen LogP contribution in [0.5, 0.6) is 23.0 Å². The fraction of sp³-hybridized carbons (Fsp3) is 0.417. The molecule has 2 aromatic carbocycles. The van der Waals surface area contributed by atoms with Gasteiger partial charge in [0.25, 0.3) is 0 Å². The predicted octanol–water partition coefficient (Wildman–Crippen LogP) is 4.52. The van der Waals surface area contributed by atoms with Gasteiger partial charge < -0.3 is 29.6 Å². The van der Waals surface area contributed by atoms with E-state index in [1.165, 1.54) is 28.4 Å². The van der Waals surface area contributed by atoms with Crippen LogP contribution in [0.3, 0.4) is 0 Å². The summed E-state index contributed by atoms with van der Waals surface area (Å²) in [5.41, 5.74) is 1.45. The fourth-order valence-electron chi connectivity index (χ4n) is 3.20. The molecule has 0 aliphatic carbocycles. The Morgan fingerprint density at radius 2 is 0.971 bits per heavy atom. The van der Waals surface area contributed by atoms with E-state index in [0.717, 1.165) is 11.1 Å². The van der Waals surface area contributed by atoms with Gasteiger partial charge in [0.15, 0.2) is 23.0 Å². The number of carbonyl (C=O) groups is 2. The lowest BCUT2D eigenvalue weighted by Gasteiger charge is -2.13. The summed E-state index contributed by atoms with van der Waals surface area (Å²) in [7, 11) is 6.13. The number of halogens is 2. The van der Waals surface area contributed by atoms with Gasteiger partial charge in [0.2, 0.25) is 11.8 Å². The normalized spacial score (nSPS) is 10.4. The van der Waals surface area contributed by atoms with Crippen molar-refractivity contribution in [2.24, 2.45) is 0 Å². The van der Waals surface area contributed by atoms with Gasteiger partial charge in [-0.3, -0.25) is 9.59 Å². The van der Waals surface area contributed by atoms with Gasteiger partial charge in [-0.05, 0) is 36.1 Å².